The molecule has 0 bridgehead atoms. The summed E-state index contributed by atoms with van der Waals surface area (Å²) in [6, 6.07) is 5.95. The fourth-order valence-corrected chi connectivity index (χ4v) is 3.03. The first-order chi connectivity index (χ1) is 12.5. The second-order valence-electron chi connectivity index (χ2n) is 6.94. The predicted octanol–water partition coefficient (Wildman–Crippen LogP) is 1.39. The van der Waals surface area contributed by atoms with Crippen molar-refractivity contribution in [3.05, 3.63) is 40.0 Å². The van der Waals surface area contributed by atoms with Crippen molar-refractivity contribution in [3.8, 4) is 5.88 Å². The minimum Gasteiger partial charge on any atom is -0.493 e. The Morgan fingerprint density at radius 1 is 1.35 bits per heavy atom. The molecule has 1 unspecified atom stereocenters. The summed E-state index contributed by atoms with van der Waals surface area (Å²) < 4.78 is 6.95. The Labute approximate surface area is 152 Å². The van der Waals surface area contributed by atoms with E-state index >= 15 is 0 Å². The van der Waals surface area contributed by atoms with Crippen LogP contribution in [0.2, 0.25) is 0 Å². The van der Waals surface area contributed by atoms with Gasteiger partial charge in [0.05, 0.1) is 24.2 Å². The van der Waals surface area contributed by atoms with Crippen LogP contribution in [-0.4, -0.2) is 40.6 Å². The Balaban J connectivity index is 1.88. The molecule has 7 nitrogen and oxygen atoms in total. The Morgan fingerprint density at radius 2 is 2.15 bits per heavy atom. The molecule has 0 radical (unpaired) electrons. The molecule has 26 heavy (non-hydrogen) atoms. The van der Waals surface area contributed by atoms with E-state index in [2.05, 4.69) is 34.4 Å². The maximum atomic E-state index is 10.5. The number of methoxy groups -OCH3 is 1. The quantitative estimate of drug-likeness (QED) is 0.786. The van der Waals surface area contributed by atoms with E-state index in [4.69, 9.17) is 4.74 Å². The number of anilines is 1. The predicted molar refractivity (Wildman–Crippen MR) is 102 cm³/mol. The molecule has 1 aromatic carbocycles. The lowest BCUT2D eigenvalue weighted by molar-refractivity contribution is 0.177. The molecule has 0 saturated heterocycles. The summed E-state index contributed by atoms with van der Waals surface area (Å²) in [6.07, 6.45) is 4.52. The van der Waals surface area contributed by atoms with E-state index in [1.807, 2.05) is 24.3 Å². The first-order valence-electron chi connectivity index (χ1n) is 8.72. The highest BCUT2D eigenvalue weighted by molar-refractivity contribution is 5.80. The number of nitrogens with one attached hydrogen (secondary N) is 1. The monoisotopic (exact) mass is 355 g/mol. The van der Waals surface area contributed by atoms with Crippen molar-refractivity contribution in [2.45, 2.75) is 26.3 Å². The van der Waals surface area contributed by atoms with Crippen LogP contribution in [0.1, 0.15) is 31.5 Å². The van der Waals surface area contributed by atoms with Gasteiger partial charge in [0.25, 0.3) is 0 Å². The number of nitrogens with zero attached hydrogens (tertiary/aromatic N) is 4. The molecule has 3 rings (SSSR count). The number of fused-ring (bicyclic) bond motifs is 1. The summed E-state index contributed by atoms with van der Waals surface area (Å²) in [5.41, 5.74) is 1.48. The van der Waals surface area contributed by atoms with Crippen molar-refractivity contribution >= 4 is 18.2 Å². The molecule has 2 N–H and O–H groups in total. The number of hydrogen-bond donors (Lipinski definition) is 2. The van der Waals surface area contributed by atoms with Crippen LogP contribution in [0.3, 0.4) is 0 Å². The second-order valence-corrected chi connectivity index (χ2v) is 6.94. The van der Waals surface area contributed by atoms with Crippen molar-refractivity contribution in [1.29, 1.82) is 0 Å². The highest BCUT2D eigenvalue weighted by atomic mass is 16.5. The van der Waals surface area contributed by atoms with E-state index in [1.54, 1.807) is 24.9 Å². The smallest absolute Gasteiger partial charge is 0.220 e. The maximum absolute atomic E-state index is 10.5. The molecule has 1 atom stereocenters. The lowest BCUT2D eigenvalue weighted by atomic mass is 10.0. The van der Waals surface area contributed by atoms with Crippen molar-refractivity contribution in [3.63, 3.8) is 0 Å². The van der Waals surface area contributed by atoms with Crippen LogP contribution in [0.4, 0.5) is 5.95 Å². The van der Waals surface area contributed by atoms with Gasteiger partial charge in [-0.15, -0.1) is 0 Å². The zero-order valence-corrected chi connectivity index (χ0v) is 15.6. The van der Waals surface area contributed by atoms with Crippen molar-refractivity contribution in [2.75, 3.05) is 19.0 Å². The average Bonchev–Trinajstić information content (AvgIpc) is 3.15. The molecule has 7 heteroatoms. The fraction of sp³-hybridized carbons (Fsp3) is 0.421. The van der Waals surface area contributed by atoms with Crippen LogP contribution in [-0.2, 0) is 11.8 Å². The third-order valence-corrected chi connectivity index (χ3v) is 4.27. The average molecular weight is 355 g/mol. The first kappa shape index (κ1) is 18.1. The van der Waals surface area contributed by atoms with Gasteiger partial charge in [-0.25, -0.2) is 4.98 Å². The maximum Gasteiger partial charge on any atom is 0.220 e. The molecular weight excluding hydrogens is 330 g/mol. The highest BCUT2D eigenvalue weighted by Crippen LogP contribution is 2.23. The minimum absolute atomic E-state index is 0.118. The zero-order chi connectivity index (χ0) is 18.7. The summed E-state index contributed by atoms with van der Waals surface area (Å²) in [4.78, 5) is 4.56. The summed E-state index contributed by atoms with van der Waals surface area (Å²) >= 11 is 0. The van der Waals surface area contributed by atoms with Crippen LogP contribution in [0.5, 0.6) is 5.88 Å². The van der Waals surface area contributed by atoms with Gasteiger partial charge in [-0.05, 0) is 35.8 Å². The zero-order valence-electron chi connectivity index (χ0n) is 15.6. The largest absolute Gasteiger partial charge is 0.493 e. The molecular formula is C19H25N5O2. The molecule has 0 saturated carbocycles. The molecule has 1 aromatic heterocycles. The number of hydrogen-bond acceptors (Lipinski definition) is 6. The van der Waals surface area contributed by atoms with Gasteiger partial charge in [0.15, 0.2) is 0 Å². The van der Waals surface area contributed by atoms with Gasteiger partial charge in [-0.1, -0.05) is 19.9 Å². The van der Waals surface area contributed by atoms with Gasteiger partial charge in [0, 0.05) is 19.7 Å². The van der Waals surface area contributed by atoms with Crippen LogP contribution < -0.4 is 15.9 Å². The van der Waals surface area contributed by atoms with E-state index in [9.17, 15) is 5.11 Å². The van der Waals surface area contributed by atoms with Crippen LogP contribution in [0, 0.1) is 5.92 Å². The fourth-order valence-electron chi connectivity index (χ4n) is 3.03. The lowest BCUT2D eigenvalue weighted by Crippen LogP contribution is -2.28. The number of rotatable bonds is 7. The van der Waals surface area contributed by atoms with Crippen molar-refractivity contribution in [2.24, 2.45) is 23.2 Å². The van der Waals surface area contributed by atoms with E-state index in [1.165, 1.54) is 0 Å². The topological polar surface area (TPSA) is 84.0 Å². The Bertz CT molecular complexity index is 930. The van der Waals surface area contributed by atoms with E-state index < -0.39 is 0 Å². The summed E-state index contributed by atoms with van der Waals surface area (Å²) in [5.74, 6) is 1.27. The minimum atomic E-state index is 0.118. The number of aromatic nitrogens is 2. The first-order valence-corrected chi connectivity index (χ1v) is 8.72. The van der Waals surface area contributed by atoms with Gasteiger partial charge >= 0.3 is 0 Å². The SMILES string of the molecule is COCC(CC(C)C)Nc1nc(C=c2ccc3c(c2)C=NN=3)c(O)n1C. The van der Waals surface area contributed by atoms with Crippen molar-refractivity contribution in [1.82, 2.24) is 9.55 Å². The van der Waals surface area contributed by atoms with Gasteiger partial charge in [-0.3, -0.25) is 4.57 Å². The molecule has 0 spiro atoms. The number of benzene rings is 1. The van der Waals surface area contributed by atoms with Gasteiger partial charge in [0.2, 0.25) is 11.8 Å². The van der Waals surface area contributed by atoms with Gasteiger partial charge in [0.1, 0.15) is 5.69 Å². The van der Waals surface area contributed by atoms with Crippen LogP contribution in [0.25, 0.3) is 6.08 Å². The molecule has 1 aliphatic heterocycles. The van der Waals surface area contributed by atoms with Crippen molar-refractivity contribution < 1.29 is 9.84 Å². The number of aromatic hydroxyl groups is 1. The Morgan fingerprint density at radius 3 is 2.88 bits per heavy atom. The lowest BCUT2D eigenvalue weighted by Gasteiger charge is -2.20. The number of ether oxygens (including phenoxy) is 1. The highest BCUT2D eigenvalue weighted by Gasteiger charge is 2.17. The van der Waals surface area contributed by atoms with Crippen LogP contribution in [0.15, 0.2) is 28.4 Å². The summed E-state index contributed by atoms with van der Waals surface area (Å²) in [5, 5.41) is 23.5. The van der Waals surface area contributed by atoms with E-state index in [0.29, 0.717) is 24.2 Å². The molecule has 0 aliphatic carbocycles. The molecule has 2 aromatic rings. The molecule has 1 aliphatic rings. The standard InChI is InChI=1S/C19H25N5O2/c1-12(2)7-15(11-26-4)21-19-22-17(18(25)24(19)3)9-13-5-6-16-14(8-13)10-20-23-16/h5-6,8-10,12,15,25H,7,11H2,1-4H3,(H,21,22). The molecule has 2 heterocycles. The third-order valence-electron chi connectivity index (χ3n) is 4.27. The Kier molecular flexibility index (Phi) is 5.37. The number of imidazole rings is 1. The normalized spacial score (nSPS) is 14.6. The summed E-state index contributed by atoms with van der Waals surface area (Å²) in [7, 11) is 3.48. The van der Waals surface area contributed by atoms with Gasteiger partial charge in [-0.2, -0.15) is 10.2 Å². The third kappa shape index (κ3) is 3.94. The Hall–Kier alpha value is -2.67. The summed E-state index contributed by atoms with van der Waals surface area (Å²) in [6.45, 7) is 4.92. The van der Waals surface area contributed by atoms with Crippen LogP contribution >= 0.6 is 0 Å². The van der Waals surface area contributed by atoms with Gasteiger partial charge < -0.3 is 15.2 Å². The molecule has 0 fully saturated rings. The molecule has 0 amide bonds. The second kappa shape index (κ2) is 7.70. The van der Waals surface area contributed by atoms with E-state index in [0.717, 1.165) is 22.6 Å². The molecule has 138 valence electrons. The van der Waals surface area contributed by atoms with E-state index in [-0.39, 0.29) is 11.9 Å².